The maximum atomic E-state index is 13.4. The number of nitrogens with two attached hydrogens (primary N) is 1. The summed E-state index contributed by atoms with van der Waals surface area (Å²) in [5, 5.41) is -0.164. The van der Waals surface area contributed by atoms with Crippen LogP contribution in [-0.2, 0) is 0 Å². The summed E-state index contributed by atoms with van der Waals surface area (Å²) in [5.41, 5.74) is 5.28. The second kappa shape index (κ2) is 4.97. The quantitative estimate of drug-likeness (QED) is 0.865. The minimum absolute atomic E-state index is 0.0960. The topological polar surface area (TPSA) is 78.1 Å². The summed E-state index contributed by atoms with van der Waals surface area (Å²) in [6, 6.07) is 6.15. The Bertz CT molecular complexity index is 607. The molecule has 2 rings (SSSR count). The number of amides is 1. The first-order valence-corrected chi connectivity index (χ1v) is 5.20. The molecule has 0 aliphatic carbocycles. The van der Waals surface area contributed by atoms with E-state index in [-0.39, 0.29) is 22.5 Å². The zero-order valence-corrected chi connectivity index (χ0v) is 9.69. The summed E-state index contributed by atoms with van der Waals surface area (Å²) in [5.74, 6) is -1.76. The molecule has 0 aliphatic heterocycles. The van der Waals surface area contributed by atoms with Crippen molar-refractivity contribution in [3.05, 3.63) is 47.1 Å². The van der Waals surface area contributed by atoms with Gasteiger partial charge in [-0.1, -0.05) is 12.1 Å². The van der Waals surface area contributed by atoms with Gasteiger partial charge in [0, 0.05) is 0 Å². The molecule has 2 aromatic rings. The van der Waals surface area contributed by atoms with Gasteiger partial charge in [0.15, 0.2) is 0 Å². The van der Waals surface area contributed by atoms with Gasteiger partial charge in [0.1, 0.15) is 5.75 Å². The fraction of sp³-hybridized carbons (Fsp3) is 0. The summed E-state index contributed by atoms with van der Waals surface area (Å²) < 4.78 is 18.5. The molecule has 0 bridgehead atoms. The van der Waals surface area contributed by atoms with Gasteiger partial charge in [0.05, 0.1) is 11.8 Å². The van der Waals surface area contributed by atoms with Gasteiger partial charge >= 0.3 is 0 Å². The third-order valence-corrected chi connectivity index (χ3v) is 2.22. The predicted octanol–water partition coefficient (Wildman–Crippen LogP) is 2.16. The van der Waals surface area contributed by atoms with Crippen molar-refractivity contribution in [2.75, 3.05) is 0 Å². The Hall–Kier alpha value is -2.21. The summed E-state index contributed by atoms with van der Waals surface area (Å²) in [6.45, 7) is 0. The van der Waals surface area contributed by atoms with E-state index in [1.165, 1.54) is 12.1 Å². The zero-order valence-electron chi connectivity index (χ0n) is 8.93. The first-order valence-electron chi connectivity index (χ1n) is 4.82. The Labute approximate surface area is 106 Å². The SMILES string of the molecule is NC(=O)c1ccccc1Oc1nc(Cl)ncc1F. The lowest BCUT2D eigenvalue weighted by molar-refractivity contribution is 0.0998. The van der Waals surface area contributed by atoms with Crippen molar-refractivity contribution >= 4 is 17.5 Å². The molecular formula is C11H7ClFN3O2. The molecule has 0 spiro atoms. The molecular weight excluding hydrogens is 261 g/mol. The number of halogens is 2. The van der Waals surface area contributed by atoms with Crippen LogP contribution >= 0.6 is 11.6 Å². The highest BCUT2D eigenvalue weighted by Crippen LogP contribution is 2.25. The van der Waals surface area contributed by atoms with Crippen molar-refractivity contribution in [1.29, 1.82) is 0 Å². The number of aromatic nitrogens is 2. The monoisotopic (exact) mass is 267 g/mol. The lowest BCUT2D eigenvalue weighted by atomic mass is 10.2. The largest absolute Gasteiger partial charge is 0.436 e. The maximum absolute atomic E-state index is 13.4. The Morgan fingerprint density at radius 3 is 2.83 bits per heavy atom. The van der Waals surface area contributed by atoms with Crippen LogP contribution in [0.1, 0.15) is 10.4 Å². The highest BCUT2D eigenvalue weighted by molar-refractivity contribution is 6.28. The van der Waals surface area contributed by atoms with Gasteiger partial charge in [0.25, 0.3) is 11.8 Å². The van der Waals surface area contributed by atoms with Crippen molar-refractivity contribution in [1.82, 2.24) is 9.97 Å². The normalized spacial score (nSPS) is 10.1. The first kappa shape index (κ1) is 12.3. The molecule has 0 atom stereocenters. The third kappa shape index (κ3) is 2.54. The van der Waals surface area contributed by atoms with Gasteiger partial charge in [-0.05, 0) is 23.7 Å². The van der Waals surface area contributed by atoms with E-state index in [9.17, 15) is 9.18 Å². The van der Waals surface area contributed by atoms with Crippen molar-refractivity contribution in [2.24, 2.45) is 5.73 Å². The molecule has 1 aromatic heterocycles. The molecule has 0 aliphatic rings. The Kier molecular flexibility index (Phi) is 3.38. The Morgan fingerprint density at radius 1 is 1.39 bits per heavy atom. The zero-order chi connectivity index (χ0) is 13.1. The third-order valence-electron chi connectivity index (χ3n) is 2.04. The minimum Gasteiger partial charge on any atom is -0.436 e. The number of rotatable bonds is 3. The van der Waals surface area contributed by atoms with E-state index in [1.807, 2.05) is 0 Å². The fourth-order valence-electron chi connectivity index (χ4n) is 1.27. The average Bonchev–Trinajstić information content (AvgIpc) is 2.34. The van der Waals surface area contributed by atoms with Crippen molar-refractivity contribution in [3.8, 4) is 11.6 Å². The second-order valence-electron chi connectivity index (χ2n) is 3.25. The van der Waals surface area contributed by atoms with E-state index >= 15 is 0 Å². The molecule has 0 saturated heterocycles. The fourth-order valence-corrected chi connectivity index (χ4v) is 1.39. The number of primary amides is 1. The molecule has 0 unspecified atom stereocenters. The van der Waals surface area contributed by atoms with E-state index in [4.69, 9.17) is 22.1 Å². The highest BCUT2D eigenvalue weighted by Gasteiger charge is 2.13. The number of carbonyl (C=O) groups is 1. The molecule has 7 heteroatoms. The number of carbonyl (C=O) groups excluding carboxylic acids is 1. The number of ether oxygens (including phenoxy) is 1. The summed E-state index contributed by atoms with van der Waals surface area (Å²) in [4.78, 5) is 18.2. The van der Waals surface area contributed by atoms with Crippen LogP contribution in [-0.4, -0.2) is 15.9 Å². The van der Waals surface area contributed by atoms with Crippen LogP contribution in [0, 0.1) is 5.82 Å². The predicted molar refractivity (Wildman–Crippen MR) is 62.0 cm³/mol. The molecule has 5 nitrogen and oxygen atoms in total. The molecule has 0 radical (unpaired) electrons. The molecule has 0 saturated carbocycles. The number of benzene rings is 1. The van der Waals surface area contributed by atoms with Crippen LogP contribution in [0.2, 0.25) is 5.28 Å². The molecule has 92 valence electrons. The van der Waals surface area contributed by atoms with Gasteiger partial charge in [0.2, 0.25) is 11.1 Å². The minimum atomic E-state index is -0.793. The maximum Gasteiger partial charge on any atom is 0.260 e. The molecule has 1 heterocycles. The van der Waals surface area contributed by atoms with Crippen LogP contribution in [0.25, 0.3) is 0 Å². The Balaban J connectivity index is 2.40. The van der Waals surface area contributed by atoms with E-state index in [2.05, 4.69) is 9.97 Å². The lowest BCUT2D eigenvalue weighted by Crippen LogP contribution is -2.12. The van der Waals surface area contributed by atoms with Crippen LogP contribution in [0.3, 0.4) is 0 Å². The lowest BCUT2D eigenvalue weighted by Gasteiger charge is -2.08. The standard InChI is InChI=1S/C11H7ClFN3O2/c12-11-15-5-7(13)10(16-11)18-8-4-2-1-3-6(8)9(14)17/h1-5H,(H2,14,17). The molecule has 1 aromatic carbocycles. The van der Waals surface area contributed by atoms with Gasteiger partial charge in [-0.25, -0.2) is 4.98 Å². The van der Waals surface area contributed by atoms with E-state index in [0.29, 0.717) is 0 Å². The first-order chi connectivity index (χ1) is 8.58. The van der Waals surface area contributed by atoms with Crippen LogP contribution < -0.4 is 10.5 Å². The smallest absolute Gasteiger partial charge is 0.260 e. The molecule has 2 N–H and O–H groups in total. The van der Waals surface area contributed by atoms with Crippen molar-refractivity contribution in [2.45, 2.75) is 0 Å². The van der Waals surface area contributed by atoms with E-state index in [1.54, 1.807) is 12.1 Å². The summed E-state index contributed by atoms with van der Waals surface area (Å²) >= 11 is 5.52. The summed E-state index contributed by atoms with van der Waals surface area (Å²) in [7, 11) is 0. The number of nitrogens with zero attached hydrogens (tertiary/aromatic N) is 2. The average molecular weight is 268 g/mol. The second-order valence-corrected chi connectivity index (χ2v) is 3.59. The van der Waals surface area contributed by atoms with Gasteiger partial charge in [-0.2, -0.15) is 9.37 Å². The van der Waals surface area contributed by atoms with Crippen LogP contribution in [0.4, 0.5) is 4.39 Å². The number of para-hydroxylation sites is 1. The summed E-state index contributed by atoms with van der Waals surface area (Å²) in [6.07, 6.45) is 0.873. The van der Waals surface area contributed by atoms with Crippen LogP contribution in [0.5, 0.6) is 11.6 Å². The van der Waals surface area contributed by atoms with E-state index < -0.39 is 11.7 Å². The Morgan fingerprint density at radius 2 is 2.11 bits per heavy atom. The van der Waals surface area contributed by atoms with E-state index in [0.717, 1.165) is 6.20 Å². The van der Waals surface area contributed by atoms with Gasteiger partial charge < -0.3 is 10.5 Å². The van der Waals surface area contributed by atoms with Gasteiger partial charge in [-0.15, -0.1) is 0 Å². The molecule has 1 amide bonds. The van der Waals surface area contributed by atoms with Crippen LogP contribution in [0.15, 0.2) is 30.5 Å². The van der Waals surface area contributed by atoms with Crippen molar-refractivity contribution < 1.29 is 13.9 Å². The highest BCUT2D eigenvalue weighted by atomic mass is 35.5. The molecule has 0 fully saturated rings. The number of hydrogen-bond acceptors (Lipinski definition) is 4. The van der Waals surface area contributed by atoms with Crippen molar-refractivity contribution in [3.63, 3.8) is 0 Å². The number of hydrogen-bond donors (Lipinski definition) is 1. The molecule has 18 heavy (non-hydrogen) atoms. The van der Waals surface area contributed by atoms with Gasteiger partial charge in [-0.3, -0.25) is 4.79 Å².